The van der Waals surface area contributed by atoms with Gasteiger partial charge >= 0.3 is 0 Å². The van der Waals surface area contributed by atoms with E-state index in [9.17, 15) is 4.79 Å². The number of hydrogen-bond acceptors (Lipinski definition) is 3. The molecule has 1 rings (SSSR count). The molecule has 0 radical (unpaired) electrons. The average molecular weight is 510 g/mol. The van der Waals surface area contributed by atoms with E-state index in [1.165, 1.54) is 6.42 Å². The van der Waals surface area contributed by atoms with Crippen LogP contribution in [-0.2, 0) is 4.79 Å². The Morgan fingerprint density at radius 2 is 1.89 bits per heavy atom. The number of amides is 1. The number of piperidine rings is 1. The van der Waals surface area contributed by atoms with Crippen LogP contribution in [0.3, 0.4) is 0 Å². The van der Waals surface area contributed by atoms with Gasteiger partial charge in [0.2, 0.25) is 5.91 Å². The molecule has 0 aromatic carbocycles. The van der Waals surface area contributed by atoms with E-state index in [0.29, 0.717) is 11.5 Å². The Balaban J connectivity index is 0.00000729. The van der Waals surface area contributed by atoms with E-state index < -0.39 is 0 Å². The highest BCUT2D eigenvalue weighted by atomic mass is 127. The second-order valence-corrected chi connectivity index (χ2v) is 9.13. The lowest BCUT2D eigenvalue weighted by molar-refractivity contribution is -0.123. The van der Waals surface area contributed by atoms with Crippen molar-refractivity contribution in [1.82, 2.24) is 15.5 Å². The molecule has 1 aliphatic heterocycles. The first-order valence-electron chi connectivity index (χ1n) is 10.8. The molecule has 6 nitrogen and oxygen atoms in total. The van der Waals surface area contributed by atoms with Gasteiger partial charge in [0.1, 0.15) is 0 Å². The highest BCUT2D eigenvalue weighted by molar-refractivity contribution is 14.0. The van der Waals surface area contributed by atoms with E-state index in [4.69, 9.17) is 10.7 Å². The number of unbranched alkanes of at least 4 members (excludes halogenated alkanes) is 1. The van der Waals surface area contributed by atoms with Gasteiger partial charge in [-0.05, 0) is 77.4 Å². The van der Waals surface area contributed by atoms with Crippen molar-refractivity contribution in [3.8, 4) is 0 Å². The van der Waals surface area contributed by atoms with E-state index in [2.05, 4.69) is 50.2 Å². The molecule has 0 aromatic rings. The zero-order valence-electron chi connectivity index (χ0n) is 18.7. The van der Waals surface area contributed by atoms with Gasteiger partial charge in [0.15, 0.2) is 5.96 Å². The quantitative estimate of drug-likeness (QED) is 0.183. The van der Waals surface area contributed by atoms with Crippen LogP contribution in [0.2, 0.25) is 0 Å². The fourth-order valence-corrected chi connectivity index (χ4v) is 3.35. The molecule has 0 saturated carbocycles. The van der Waals surface area contributed by atoms with E-state index in [1.54, 1.807) is 0 Å². The highest BCUT2D eigenvalue weighted by Gasteiger charge is 2.22. The van der Waals surface area contributed by atoms with Crippen molar-refractivity contribution in [2.24, 2.45) is 22.1 Å². The summed E-state index contributed by atoms with van der Waals surface area (Å²) in [4.78, 5) is 18.4. The monoisotopic (exact) mass is 509 g/mol. The van der Waals surface area contributed by atoms with E-state index in [1.807, 2.05) is 0 Å². The number of hydrogen-bond donors (Lipinski definition) is 3. The fourth-order valence-electron chi connectivity index (χ4n) is 3.35. The lowest BCUT2D eigenvalue weighted by Gasteiger charge is -2.30. The van der Waals surface area contributed by atoms with Crippen LogP contribution in [0.25, 0.3) is 0 Å². The minimum absolute atomic E-state index is 0. The molecule has 1 saturated heterocycles. The zero-order valence-corrected chi connectivity index (χ0v) is 21.1. The van der Waals surface area contributed by atoms with Gasteiger partial charge in [0.05, 0.1) is 0 Å². The summed E-state index contributed by atoms with van der Waals surface area (Å²) >= 11 is 0. The number of carbonyl (C=O) groups excluding carboxylic acids is 1. The SMILES string of the molecule is CCNC(=NCCCCN1CCC(C(N)=O)CC1)NC(C)CCC(C)(C)C.I. The summed E-state index contributed by atoms with van der Waals surface area (Å²) in [7, 11) is 0. The van der Waals surface area contributed by atoms with Crippen molar-refractivity contribution in [3.63, 3.8) is 0 Å². The molecule has 28 heavy (non-hydrogen) atoms. The maximum absolute atomic E-state index is 11.2. The Morgan fingerprint density at radius 3 is 2.43 bits per heavy atom. The van der Waals surface area contributed by atoms with Crippen molar-refractivity contribution >= 4 is 35.8 Å². The Morgan fingerprint density at radius 1 is 1.25 bits per heavy atom. The summed E-state index contributed by atoms with van der Waals surface area (Å²) in [6, 6.07) is 0.425. The average Bonchev–Trinajstić information content (AvgIpc) is 2.59. The van der Waals surface area contributed by atoms with Gasteiger partial charge in [-0.25, -0.2) is 0 Å². The molecule has 1 amide bonds. The number of aliphatic imine (C=N–C) groups is 1. The zero-order chi connectivity index (χ0) is 20.3. The third kappa shape index (κ3) is 12.8. The third-order valence-electron chi connectivity index (χ3n) is 5.20. The van der Waals surface area contributed by atoms with Crippen LogP contribution in [0.5, 0.6) is 0 Å². The van der Waals surface area contributed by atoms with Crippen molar-refractivity contribution < 1.29 is 4.79 Å². The molecule has 1 atom stereocenters. The lowest BCUT2D eigenvalue weighted by atomic mass is 9.89. The third-order valence-corrected chi connectivity index (χ3v) is 5.20. The van der Waals surface area contributed by atoms with E-state index in [0.717, 1.165) is 70.8 Å². The van der Waals surface area contributed by atoms with Crippen LogP contribution in [0.15, 0.2) is 4.99 Å². The number of guanidine groups is 1. The molecule has 0 spiro atoms. The second kappa shape index (κ2) is 14.4. The number of likely N-dealkylation sites (tertiary alicyclic amines) is 1. The topological polar surface area (TPSA) is 82.8 Å². The molecular weight excluding hydrogens is 465 g/mol. The number of nitrogens with one attached hydrogen (secondary N) is 2. The van der Waals surface area contributed by atoms with Gasteiger partial charge in [-0.1, -0.05) is 20.8 Å². The van der Waals surface area contributed by atoms with Crippen molar-refractivity contribution in [1.29, 1.82) is 0 Å². The number of carbonyl (C=O) groups is 1. The maximum atomic E-state index is 11.2. The minimum Gasteiger partial charge on any atom is -0.369 e. The van der Waals surface area contributed by atoms with Crippen molar-refractivity contribution in [2.75, 3.05) is 32.7 Å². The van der Waals surface area contributed by atoms with E-state index in [-0.39, 0.29) is 35.8 Å². The van der Waals surface area contributed by atoms with Gasteiger partial charge in [-0.15, -0.1) is 24.0 Å². The number of nitrogens with two attached hydrogens (primary N) is 1. The van der Waals surface area contributed by atoms with Crippen LogP contribution < -0.4 is 16.4 Å². The molecular formula is C21H44IN5O. The van der Waals surface area contributed by atoms with Crippen LogP contribution in [0.1, 0.15) is 73.1 Å². The summed E-state index contributed by atoms with van der Waals surface area (Å²) in [5.41, 5.74) is 5.77. The summed E-state index contributed by atoms with van der Waals surface area (Å²) in [5.74, 6) is 0.880. The largest absolute Gasteiger partial charge is 0.369 e. The number of nitrogens with zero attached hydrogens (tertiary/aromatic N) is 2. The first-order chi connectivity index (χ1) is 12.7. The van der Waals surface area contributed by atoms with Crippen molar-refractivity contribution in [3.05, 3.63) is 0 Å². The molecule has 7 heteroatoms. The molecule has 1 fully saturated rings. The Bertz CT molecular complexity index is 456. The highest BCUT2D eigenvalue weighted by Crippen LogP contribution is 2.21. The van der Waals surface area contributed by atoms with Gasteiger partial charge in [0, 0.05) is 25.0 Å². The molecule has 1 aliphatic rings. The Labute approximate surface area is 189 Å². The smallest absolute Gasteiger partial charge is 0.220 e. The summed E-state index contributed by atoms with van der Waals surface area (Å²) in [6.45, 7) is 16.0. The first kappa shape index (κ1) is 27.4. The van der Waals surface area contributed by atoms with Crippen LogP contribution in [-0.4, -0.2) is 55.5 Å². The Kier molecular flexibility index (Phi) is 14.1. The molecule has 1 unspecified atom stereocenters. The van der Waals surface area contributed by atoms with E-state index >= 15 is 0 Å². The first-order valence-corrected chi connectivity index (χ1v) is 10.8. The number of halogens is 1. The summed E-state index contributed by atoms with van der Waals surface area (Å²) in [6.07, 6.45) is 6.40. The summed E-state index contributed by atoms with van der Waals surface area (Å²) in [5, 5.41) is 6.88. The van der Waals surface area contributed by atoms with Crippen LogP contribution in [0.4, 0.5) is 0 Å². The molecule has 0 bridgehead atoms. The van der Waals surface area contributed by atoms with Crippen LogP contribution >= 0.6 is 24.0 Å². The number of primary amides is 1. The molecule has 4 N–H and O–H groups in total. The standard InChI is InChI=1S/C21H43N5O.HI/c1-6-23-20(25-17(2)9-12-21(3,4)5)24-13-7-8-14-26-15-10-18(11-16-26)19(22)27;/h17-18H,6-16H2,1-5H3,(H2,22,27)(H2,23,24,25);1H. The molecule has 0 aliphatic carbocycles. The van der Waals surface area contributed by atoms with Crippen LogP contribution in [0, 0.1) is 11.3 Å². The normalized spacial score (nSPS) is 17.7. The van der Waals surface area contributed by atoms with Gasteiger partial charge in [-0.2, -0.15) is 0 Å². The number of rotatable bonds is 10. The lowest BCUT2D eigenvalue weighted by Crippen LogP contribution is -2.42. The van der Waals surface area contributed by atoms with Gasteiger partial charge in [-0.3, -0.25) is 9.79 Å². The predicted octanol–water partition coefficient (Wildman–Crippen LogP) is 3.35. The van der Waals surface area contributed by atoms with Gasteiger partial charge < -0.3 is 21.3 Å². The maximum Gasteiger partial charge on any atom is 0.220 e. The molecule has 0 aromatic heterocycles. The Hall–Kier alpha value is -0.570. The molecule has 1 heterocycles. The minimum atomic E-state index is -0.135. The van der Waals surface area contributed by atoms with Crippen molar-refractivity contribution in [2.45, 2.75) is 79.2 Å². The predicted molar refractivity (Wildman–Crippen MR) is 130 cm³/mol. The molecule has 166 valence electrons. The fraction of sp³-hybridized carbons (Fsp3) is 0.905. The summed E-state index contributed by atoms with van der Waals surface area (Å²) < 4.78 is 0. The van der Waals surface area contributed by atoms with Gasteiger partial charge in [0.25, 0.3) is 0 Å². The second-order valence-electron chi connectivity index (χ2n) is 9.13.